The first kappa shape index (κ1) is 12.7. The molecule has 1 rings (SSSR count). The van der Waals surface area contributed by atoms with Crippen LogP contribution < -0.4 is 4.43 Å². The zero-order chi connectivity index (χ0) is 11.6. The average Bonchev–Trinajstić information content (AvgIpc) is 1.99. The van der Waals surface area contributed by atoms with Crippen molar-refractivity contribution >= 4 is 42.1 Å². The monoisotopic (exact) mass is 306 g/mol. The van der Waals surface area contributed by atoms with E-state index in [2.05, 4.69) is 35.6 Å². The Morgan fingerprint density at radius 3 is 2.40 bits per heavy atom. The van der Waals surface area contributed by atoms with Gasteiger partial charge in [-0.25, -0.2) is 0 Å². The highest BCUT2D eigenvalue weighted by Crippen LogP contribution is 2.30. The normalized spacial score (nSPS) is 11.3. The Kier molecular flexibility index (Phi) is 3.97. The second-order valence-electron chi connectivity index (χ2n) is 4.13. The molecule has 0 aliphatic rings. The smallest absolute Gasteiger partial charge is 0.242 e. The lowest BCUT2D eigenvalue weighted by molar-refractivity contribution is 0.112. The van der Waals surface area contributed by atoms with Crippen molar-refractivity contribution < 1.29 is 9.22 Å². The van der Waals surface area contributed by atoms with Gasteiger partial charge in [0, 0.05) is 10.0 Å². The number of aldehydes is 1. The Hall–Kier alpha value is -0.323. The fraction of sp³-hybridized carbons (Fsp3) is 0.300. The lowest BCUT2D eigenvalue weighted by Gasteiger charge is -2.19. The summed E-state index contributed by atoms with van der Waals surface area (Å²) in [5.41, 5.74) is 0.458. The Labute approximate surface area is 104 Å². The Morgan fingerprint density at radius 1 is 1.40 bits per heavy atom. The summed E-state index contributed by atoms with van der Waals surface area (Å²) in [6.07, 6.45) is 0.727. The molecule has 0 aliphatic heterocycles. The number of rotatable bonds is 3. The molecule has 0 amide bonds. The summed E-state index contributed by atoms with van der Waals surface area (Å²) in [6, 6.07) is 3.45. The van der Waals surface area contributed by atoms with Crippen LogP contribution in [0.5, 0.6) is 5.75 Å². The number of halogens is 2. The second-order valence-corrected chi connectivity index (χ2v) is 9.82. The first-order valence-electron chi connectivity index (χ1n) is 4.47. The summed E-state index contributed by atoms with van der Waals surface area (Å²) in [6.45, 7) is 6.26. The number of hydrogen-bond acceptors (Lipinski definition) is 2. The van der Waals surface area contributed by atoms with Gasteiger partial charge in [-0.1, -0.05) is 11.6 Å². The molecule has 0 unspecified atom stereocenters. The van der Waals surface area contributed by atoms with E-state index in [-0.39, 0.29) is 0 Å². The van der Waals surface area contributed by atoms with E-state index in [0.29, 0.717) is 20.8 Å². The molecule has 0 N–H and O–H groups in total. The van der Waals surface area contributed by atoms with Crippen molar-refractivity contribution in [1.29, 1.82) is 0 Å². The van der Waals surface area contributed by atoms with Crippen molar-refractivity contribution in [3.8, 4) is 5.75 Å². The minimum Gasteiger partial charge on any atom is -0.544 e. The van der Waals surface area contributed by atoms with E-state index in [4.69, 9.17) is 16.0 Å². The molecule has 0 aromatic heterocycles. The van der Waals surface area contributed by atoms with Crippen LogP contribution in [0.25, 0.3) is 0 Å². The summed E-state index contributed by atoms with van der Waals surface area (Å²) in [4.78, 5) is 10.7. The van der Waals surface area contributed by atoms with E-state index >= 15 is 0 Å². The Balaban J connectivity index is 3.09. The van der Waals surface area contributed by atoms with E-state index in [9.17, 15) is 4.79 Å². The van der Waals surface area contributed by atoms with Gasteiger partial charge in [-0.2, -0.15) is 0 Å². The van der Waals surface area contributed by atoms with Gasteiger partial charge >= 0.3 is 0 Å². The van der Waals surface area contributed by atoms with Crippen LogP contribution in [0.3, 0.4) is 0 Å². The molecule has 0 aliphatic carbocycles. The van der Waals surface area contributed by atoms with E-state index in [1.54, 1.807) is 12.1 Å². The van der Waals surface area contributed by atoms with Gasteiger partial charge in [0.1, 0.15) is 5.75 Å². The van der Waals surface area contributed by atoms with E-state index < -0.39 is 8.32 Å². The van der Waals surface area contributed by atoms with Crippen molar-refractivity contribution in [1.82, 2.24) is 0 Å². The molecule has 0 atom stereocenters. The van der Waals surface area contributed by atoms with E-state index in [1.807, 2.05) is 0 Å². The molecule has 0 radical (unpaired) electrons. The fourth-order valence-corrected chi connectivity index (χ4v) is 2.81. The third kappa shape index (κ3) is 3.63. The van der Waals surface area contributed by atoms with Crippen LogP contribution in [0.2, 0.25) is 24.7 Å². The molecule has 2 nitrogen and oxygen atoms in total. The molecule has 0 saturated heterocycles. The van der Waals surface area contributed by atoms with Gasteiger partial charge in [0.25, 0.3) is 0 Å². The van der Waals surface area contributed by atoms with Crippen molar-refractivity contribution in [2.45, 2.75) is 19.6 Å². The zero-order valence-corrected chi connectivity index (χ0v) is 12.1. The van der Waals surface area contributed by atoms with Gasteiger partial charge < -0.3 is 4.43 Å². The van der Waals surface area contributed by atoms with E-state index in [1.165, 1.54) is 0 Å². The summed E-state index contributed by atoms with van der Waals surface area (Å²) < 4.78 is 6.44. The molecular weight excluding hydrogens is 296 g/mol. The van der Waals surface area contributed by atoms with Crippen LogP contribution in [0.1, 0.15) is 10.4 Å². The quantitative estimate of drug-likeness (QED) is 0.620. The largest absolute Gasteiger partial charge is 0.544 e. The standard InChI is InChI=1S/C10H12BrClO2Si/c1-15(2,3)14-7-4-9(11)8(6-13)10(12)5-7/h4-6H,1-3H3. The van der Waals surface area contributed by atoms with E-state index in [0.717, 1.165) is 6.29 Å². The molecule has 5 heteroatoms. The third-order valence-electron chi connectivity index (χ3n) is 1.59. The highest BCUT2D eigenvalue weighted by atomic mass is 79.9. The average molecular weight is 308 g/mol. The van der Waals surface area contributed by atoms with Gasteiger partial charge in [0.05, 0.1) is 5.02 Å². The topological polar surface area (TPSA) is 26.3 Å². The zero-order valence-electron chi connectivity index (χ0n) is 8.80. The van der Waals surface area contributed by atoms with Crippen LogP contribution in [-0.4, -0.2) is 14.6 Å². The predicted octanol–water partition coefficient (Wildman–Crippen LogP) is 4.13. The minimum absolute atomic E-state index is 0.410. The Bertz CT molecular complexity index is 364. The van der Waals surface area contributed by atoms with Crippen molar-refractivity contribution in [2.24, 2.45) is 0 Å². The first-order valence-corrected chi connectivity index (χ1v) is 9.04. The minimum atomic E-state index is -1.64. The Morgan fingerprint density at radius 2 is 2.00 bits per heavy atom. The lowest BCUT2D eigenvalue weighted by atomic mass is 10.2. The maximum atomic E-state index is 10.7. The molecule has 0 fully saturated rings. The highest BCUT2D eigenvalue weighted by Gasteiger charge is 2.17. The number of carbonyl (C=O) groups is 1. The lowest BCUT2D eigenvalue weighted by Crippen LogP contribution is -2.29. The number of hydrogen-bond donors (Lipinski definition) is 0. The summed E-state index contributed by atoms with van der Waals surface area (Å²) in [7, 11) is -1.64. The van der Waals surface area contributed by atoms with Crippen LogP contribution in [0, 0.1) is 0 Å². The molecule has 0 saturated carbocycles. The SMILES string of the molecule is C[Si](C)(C)Oc1cc(Cl)c(C=O)c(Br)c1. The first-order chi connectivity index (χ1) is 6.83. The molecule has 82 valence electrons. The predicted molar refractivity (Wildman–Crippen MR) is 68.5 cm³/mol. The summed E-state index contributed by atoms with van der Waals surface area (Å²) in [5.74, 6) is 0.705. The number of benzene rings is 1. The molecule has 1 aromatic rings. The van der Waals surface area contributed by atoms with Gasteiger partial charge in [-0.15, -0.1) is 0 Å². The third-order valence-corrected chi connectivity index (χ3v) is 3.41. The van der Waals surface area contributed by atoms with Crippen molar-refractivity contribution in [3.05, 3.63) is 27.2 Å². The summed E-state index contributed by atoms with van der Waals surface area (Å²) in [5, 5.41) is 0.410. The second kappa shape index (κ2) is 4.68. The molecule has 0 spiro atoms. The maximum absolute atomic E-state index is 10.7. The van der Waals surface area contributed by atoms with Crippen molar-refractivity contribution in [3.63, 3.8) is 0 Å². The van der Waals surface area contributed by atoms with Gasteiger partial charge in [-0.3, -0.25) is 4.79 Å². The molecule has 0 bridgehead atoms. The van der Waals surface area contributed by atoms with Gasteiger partial charge in [0.2, 0.25) is 8.32 Å². The van der Waals surface area contributed by atoms with Crippen LogP contribution >= 0.6 is 27.5 Å². The maximum Gasteiger partial charge on any atom is 0.242 e. The van der Waals surface area contributed by atoms with Crippen LogP contribution in [0.4, 0.5) is 0 Å². The van der Waals surface area contributed by atoms with Crippen LogP contribution in [-0.2, 0) is 0 Å². The van der Waals surface area contributed by atoms with Gasteiger partial charge in [0.15, 0.2) is 6.29 Å². The fourth-order valence-electron chi connectivity index (χ4n) is 1.09. The highest BCUT2D eigenvalue weighted by molar-refractivity contribution is 9.10. The van der Waals surface area contributed by atoms with Crippen molar-refractivity contribution in [2.75, 3.05) is 0 Å². The molecule has 15 heavy (non-hydrogen) atoms. The number of carbonyl (C=O) groups excluding carboxylic acids is 1. The molecule has 1 aromatic carbocycles. The molecular formula is C10H12BrClO2Si. The summed E-state index contributed by atoms with van der Waals surface area (Å²) >= 11 is 9.22. The van der Waals surface area contributed by atoms with Gasteiger partial charge in [-0.05, 0) is 47.7 Å². The van der Waals surface area contributed by atoms with Crippen LogP contribution in [0.15, 0.2) is 16.6 Å². The molecule has 0 heterocycles.